The van der Waals surface area contributed by atoms with Crippen molar-refractivity contribution < 1.29 is 19.4 Å². The summed E-state index contributed by atoms with van der Waals surface area (Å²) in [4.78, 5) is 24.2. The Bertz CT molecular complexity index is 551. The van der Waals surface area contributed by atoms with E-state index in [0.717, 1.165) is 38.5 Å². The predicted molar refractivity (Wildman–Crippen MR) is 105 cm³/mol. The van der Waals surface area contributed by atoms with Gasteiger partial charge < -0.3 is 9.84 Å². The minimum atomic E-state index is -0.287. The summed E-state index contributed by atoms with van der Waals surface area (Å²) in [6.45, 7) is 4.31. The maximum atomic E-state index is 12.3. The fourth-order valence-corrected chi connectivity index (χ4v) is 2.88. The van der Waals surface area contributed by atoms with Crippen LogP contribution in [0.2, 0.25) is 0 Å². The van der Waals surface area contributed by atoms with Crippen LogP contribution in [-0.2, 0) is 4.79 Å². The number of hydrogen-bond donors (Lipinski definition) is 1. The molecule has 0 saturated carbocycles. The summed E-state index contributed by atoms with van der Waals surface area (Å²) < 4.78 is 5.32. The summed E-state index contributed by atoms with van der Waals surface area (Å²) in [5, 5.41) is 9.94. The molecule has 0 saturated heterocycles. The van der Waals surface area contributed by atoms with Crippen LogP contribution in [0.1, 0.15) is 101 Å². The Balaban J connectivity index is 2.47. The summed E-state index contributed by atoms with van der Waals surface area (Å²) in [5.41, 5.74) is 0.244. The van der Waals surface area contributed by atoms with Crippen molar-refractivity contribution in [2.24, 2.45) is 0 Å². The molecule has 1 aromatic rings. The lowest BCUT2D eigenvalue weighted by Gasteiger charge is -2.08. The molecule has 26 heavy (non-hydrogen) atoms. The van der Waals surface area contributed by atoms with Crippen LogP contribution in [0.3, 0.4) is 0 Å². The quantitative estimate of drug-likeness (QED) is 0.185. The number of carbonyl (C=O) groups is 2. The minimum Gasteiger partial charge on any atom is -0.507 e. The molecule has 0 aromatic heterocycles. The number of Topliss-reactive ketones (excluding diaryl/α,β-unsaturated/α-hetero) is 1. The van der Waals surface area contributed by atoms with Crippen molar-refractivity contribution in [2.75, 3.05) is 0 Å². The van der Waals surface area contributed by atoms with Crippen molar-refractivity contribution >= 4 is 11.8 Å². The molecular weight excluding hydrogens is 328 g/mol. The second-order valence-corrected chi connectivity index (χ2v) is 6.90. The zero-order chi connectivity index (χ0) is 19.2. The van der Waals surface area contributed by atoms with Crippen LogP contribution in [0.4, 0.5) is 0 Å². The van der Waals surface area contributed by atoms with Crippen LogP contribution in [0, 0.1) is 0 Å². The molecule has 1 aromatic carbocycles. The van der Waals surface area contributed by atoms with E-state index in [1.807, 2.05) is 0 Å². The van der Waals surface area contributed by atoms with Crippen LogP contribution in [0.15, 0.2) is 18.2 Å². The molecule has 0 unspecified atom stereocenters. The number of hydrogen-bond acceptors (Lipinski definition) is 4. The van der Waals surface area contributed by atoms with E-state index < -0.39 is 0 Å². The van der Waals surface area contributed by atoms with E-state index in [-0.39, 0.29) is 23.1 Å². The molecule has 0 bridgehead atoms. The summed E-state index contributed by atoms with van der Waals surface area (Å²) in [7, 11) is 0. The summed E-state index contributed by atoms with van der Waals surface area (Å²) in [6, 6.07) is 4.44. The van der Waals surface area contributed by atoms with Gasteiger partial charge in [0, 0.05) is 12.8 Å². The number of benzene rings is 1. The lowest BCUT2D eigenvalue weighted by atomic mass is 10.0. The van der Waals surface area contributed by atoms with Gasteiger partial charge in [0.05, 0.1) is 5.56 Å². The van der Waals surface area contributed by atoms with Gasteiger partial charge in [-0.3, -0.25) is 9.59 Å². The molecule has 0 aliphatic heterocycles. The van der Waals surface area contributed by atoms with E-state index in [1.165, 1.54) is 43.9 Å². The number of rotatable bonds is 14. The van der Waals surface area contributed by atoms with Crippen molar-refractivity contribution in [3.63, 3.8) is 0 Å². The number of phenolic OH excluding ortho intramolecular Hbond substituents is 1. The average molecular weight is 363 g/mol. The first-order valence-corrected chi connectivity index (χ1v) is 10.1. The molecule has 0 amide bonds. The normalized spacial score (nSPS) is 10.7. The first-order chi connectivity index (χ1) is 12.6. The van der Waals surface area contributed by atoms with Crippen molar-refractivity contribution in [1.82, 2.24) is 0 Å². The van der Waals surface area contributed by atoms with E-state index in [1.54, 1.807) is 0 Å². The largest absolute Gasteiger partial charge is 0.507 e. The number of ether oxygens (including phenoxy) is 1. The Morgan fingerprint density at radius 3 is 2.04 bits per heavy atom. The summed E-state index contributed by atoms with van der Waals surface area (Å²) in [5.74, 6) is -0.111. The van der Waals surface area contributed by atoms with E-state index >= 15 is 0 Å². The van der Waals surface area contributed by atoms with Gasteiger partial charge in [0.15, 0.2) is 5.78 Å². The van der Waals surface area contributed by atoms with E-state index in [4.69, 9.17) is 4.74 Å². The fraction of sp³-hybridized carbons (Fsp3) is 0.636. The third-order valence-corrected chi connectivity index (χ3v) is 4.49. The molecule has 0 radical (unpaired) electrons. The third kappa shape index (κ3) is 9.02. The number of esters is 1. The zero-order valence-corrected chi connectivity index (χ0v) is 16.4. The topological polar surface area (TPSA) is 63.6 Å². The van der Waals surface area contributed by atoms with Gasteiger partial charge in [-0.25, -0.2) is 0 Å². The van der Waals surface area contributed by atoms with Gasteiger partial charge in [0.2, 0.25) is 0 Å². The van der Waals surface area contributed by atoms with Gasteiger partial charge in [-0.1, -0.05) is 65.2 Å². The molecule has 0 heterocycles. The number of aromatic hydroxyl groups is 1. The van der Waals surface area contributed by atoms with Crippen LogP contribution >= 0.6 is 0 Å². The van der Waals surface area contributed by atoms with Crippen molar-refractivity contribution in [3.05, 3.63) is 23.8 Å². The second-order valence-electron chi connectivity index (χ2n) is 6.90. The lowest BCUT2D eigenvalue weighted by Crippen LogP contribution is -2.08. The molecule has 146 valence electrons. The van der Waals surface area contributed by atoms with E-state index in [2.05, 4.69) is 13.8 Å². The molecule has 0 aliphatic carbocycles. The Kier molecular flexibility index (Phi) is 11.4. The molecule has 4 nitrogen and oxygen atoms in total. The van der Waals surface area contributed by atoms with Crippen LogP contribution in [0.5, 0.6) is 11.5 Å². The highest BCUT2D eigenvalue weighted by Crippen LogP contribution is 2.25. The number of phenols is 1. The monoisotopic (exact) mass is 362 g/mol. The average Bonchev–Trinajstić information content (AvgIpc) is 2.62. The minimum absolute atomic E-state index is 0.0528. The molecule has 0 spiro atoms. The van der Waals surface area contributed by atoms with E-state index in [9.17, 15) is 14.7 Å². The lowest BCUT2D eigenvalue weighted by molar-refractivity contribution is -0.134. The second kappa shape index (κ2) is 13.4. The number of carbonyl (C=O) groups excluding carboxylic acids is 2. The van der Waals surface area contributed by atoms with Gasteiger partial charge in [-0.2, -0.15) is 0 Å². The summed E-state index contributed by atoms with van der Waals surface area (Å²) in [6.07, 6.45) is 11.5. The molecule has 4 heteroatoms. The van der Waals surface area contributed by atoms with Crippen LogP contribution in [-0.4, -0.2) is 16.9 Å². The van der Waals surface area contributed by atoms with Gasteiger partial charge in [0.25, 0.3) is 0 Å². The molecular formula is C22H34O4. The zero-order valence-electron chi connectivity index (χ0n) is 16.4. The highest BCUT2D eigenvalue weighted by atomic mass is 16.5. The van der Waals surface area contributed by atoms with Gasteiger partial charge in [0.1, 0.15) is 11.5 Å². The van der Waals surface area contributed by atoms with Crippen LogP contribution in [0.25, 0.3) is 0 Å². The Labute approximate surface area is 158 Å². The van der Waals surface area contributed by atoms with Gasteiger partial charge in [-0.05, 0) is 31.0 Å². The Morgan fingerprint density at radius 2 is 1.42 bits per heavy atom. The standard InChI is InChI=1S/C22H34O4/c1-3-5-7-9-11-13-20(23)19-17-18(15-16-21(19)24)26-22(25)14-12-10-8-6-4-2/h15-17,24H,3-14H2,1-2H3. The first-order valence-electron chi connectivity index (χ1n) is 10.1. The smallest absolute Gasteiger partial charge is 0.311 e. The Hall–Kier alpha value is -1.84. The number of ketones is 1. The van der Waals surface area contributed by atoms with E-state index in [0.29, 0.717) is 18.6 Å². The third-order valence-electron chi connectivity index (χ3n) is 4.49. The molecule has 0 fully saturated rings. The highest BCUT2D eigenvalue weighted by molar-refractivity contribution is 5.99. The van der Waals surface area contributed by atoms with Crippen LogP contribution < -0.4 is 4.74 Å². The fourth-order valence-electron chi connectivity index (χ4n) is 2.88. The molecule has 0 aliphatic rings. The molecule has 1 N–H and O–H groups in total. The predicted octanol–water partition coefficient (Wildman–Crippen LogP) is 6.20. The maximum absolute atomic E-state index is 12.3. The Morgan fingerprint density at radius 1 is 0.846 bits per heavy atom. The van der Waals surface area contributed by atoms with Gasteiger partial charge in [-0.15, -0.1) is 0 Å². The van der Waals surface area contributed by atoms with Gasteiger partial charge >= 0.3 is 5.97 Å². The maximum Gasteiger partial charge on any atom is 0.311 e. The van der Waals surface area contributed by atoms with Crippen molar-refractivity contribution in [3.8, 4) is 11.5 Å². The summed E-state index contributed by atoms with van der Waals surface area (Å²) >= 11 is 0. The van der Waals surface area contributed by atoms with Crippen molar-refractivity contribution in [1.29, 1.82) is 0 Å². The highest BCUT2D eigenvalue weighted by Gasteiger charge is 2.14. The SMILES string of the molecule is CCCCCCCC(=O)Oc1ccc(O)c(C(=O)CCCCCCC)c1. The first kappa shape index (κ1) is 22.2. The van der Waals surface area contributed by atoms with Crippen molar-refractivity contribution in [2.45, 2.75) is 90.9 Å². The molecule has 0 atom stereocenters. The molecule has 1 rings (SSSR count). The number of unbranched alkanes of at least 4 members (excludes halogenated alkanes) is 8.